The van der Waals surface area contributed by atoms with E-state index in [9.17, 15) is 18.3 Å². The van der Waals surface area contributed by atoms with Crippen LogP contribution in [0.1, 0.15) is 11.6 Å². The third-order valence-corrected chi connectivity index (χ3v) is 8.80. The van der Waals surface area contributed by atoms with Gasteiger partial charge >= 0.3 is 5.97 Å². The maximum absolute atomic E-state index is 12.1. The molecular weight excluding hydrogens is 390 g/mol. The predicted octanol–water partition coefficient (Wildman–Crippen LogP) is 3.16. The van der Waals surface area contributed by atoms with E-state index in [0.717, 1.165) is 25.1 Å². The van der Waals surface area contributed by atoms with Gasteiger partial charge in [-0.2, -0.15) is 0 Å². The van der Waals surface area contributed by atoms with E-state index in [1.807, 2.05) is 36.4 Å². The fourth-order valence-corrected chi connectivity index (χ4v) is 6.90. The molecule has 0 aromatic heterocycles. The second kappa shape index (κ2) is 6.92. The molecule has 1 atom stereocenters. The van der Waals surface area contributed by atoms with E-state index in [1.54, 1.807) is 28.4 Å². The predicted molar refractivity (Wildman–Crippen MR) is 102 cm³/mol. The number of rotatable bonds is 3. The number of hydrogen-bond acceptors (Lipinski definition) is 6. The molecule has 2 heterocycles. The van der Waals surface area contributed by atoms with E-state index in [1.165, 1.54) is 0 Å². The van der Waals surface area contributed by atoms with Gasteiger partial charge in [-0.1, -0.05) is 47.8 Å². The first kappa shape index (κ1) is 17.9. The molecule has 8 heteroatoms. The highest BCUT2D eigenvalue weighted by molar-refractivity contribution is 8.05. The Morgan fingerprint density at radius 3 is 2.23 bits per heavy atom. The van der Waals surface area contributed by atoms with Crippen LogP contribution in [-0.2, 0) is 14.6 Å². The van der Waals surface area contributed by atoms with Gasteiger partial charge in [-0.05, 0) is 23.8 Å². The van der Waals surface area contributed by atoms with E-state index >= 15 is 0 Å². The van der Waals surface area contributed by atoms with Gasteiger partial charge in [-0.25, -0.2) is 8.42 Å². The zero-order chi connectivity index (χ0) is 18.3. The fourth-order valence-electron chi connectivity index (χ4n) is 3.26. The maximum Gasteiger partial charge on any atom is 0.325 e. The van der Waals surface area contributed by atoms with Crippen LogP contribution in [-0.4, -0.2) is 49.0 Å². The van der Waals surface area contributed by atoms with Crippen molar-refractivity contribution in [3.05, 3.63) is 48.0 Å². The van der Waals surface area contributed by atoms with Crippen molar-refractivity contribution < 1.29 is 18.3 Å². The van der Waals surface area contributed by atoms with E-state index in [0.29, 0.717) is 0 Å². The van der Waals surface area contributed by atoms with Crippen molar-refractivity contribution in [2.24, 2.45) is 0 Å². The van der Waals surface area contributed by atoms with Crippen molar-refractivity contribution in [1.82, 2.24) is 4.90 Å². The molecule has 0 unspecified atom stereocenters. The van der Waals surface area contributed by atoms with Crippen molar-refractivity contribution in [2.45, 2.75) is 25.6 Å². The van der Waals surface area contributed by atoms with E-state index in [-0.39, 0.29) is 24.6 Å². The van der Waals surface area contributed by atoms with Crippen molar-refractivity contribution in [1.29, 1.82) is 0 Å². The second-order valence-electron chi connectivity index (χ2n) is 6.25. The number of carbonyl (C=O) groups is 1. The number of sulfone groups is 1. The van der Waals surface area contributed by atoms with Crippen molar-refractivity contribution in [2.75, 3.05) is 24.6 Å². The average Bonchev–Trinajstić information content (AvgIpc) is 2.61. The van der Waals surface area contributed by atoms with Crippen LogP contribution in [0.25, 0.3) is 0 Å². The summed E-state index contributed by atoms with van der Waals surface area (Å²) in [7, 11) is -3.06. The third kappa shape index (κ3) is 3.38. The summed E-state index contributed by atoms with van der Waals surface area (Å²) in [5.41, 5.74) is 0.737. The first-order valence-electron chi connectivity index (χ1n) is 8.19. The lowest BCUT2D eigenvalue weighted by molar-refractivity contribution is -0.143. The molecule has 0 bridgehead atoms. The summed E-state index contributed by atoms with van der Waals surface area (Å²) in [5.74, 6) is -0.922. The Morgan fingerprint density at radius 1 is 0.962 bits per heavy atom. The minimum absolute atomic E-state index is 0.0104. The summed E-state index contributed by atoms with van der Waals surface area (Å²) in [6, 6.07) is 13.0. The molecule has 1 N–H and O–H groups in total. The number of carboxylic acids is 1. The molecule has 2 aromatic rings. The minimum atomic E-state index is -3.06. The van der Waals surface area contributed by atoms with Gasteiger partial charge < -0.3 is 5.11 Å². The van der Waals surface area contributed by atoms with Crippen LogP contribution in [0.4, 0.5) is 0 Å². The molecule has 2 aliphatic heterocycles. The topological polar surface area (TPSA) is 74.7 Å². The second-order valence-corrected chi connectivity index (χ2v) is 10.7. The van der Waals surface area contributed by atoms with Crippen LogP contribution in [0, 0.1) is 0 Å². The summed E-state index contributed by atoms with van der Waals surface area (Å²) in [6.45, 7) is 0.495. The normalized spacial score (nSPS) is 20.0. The molecule has 5 nitrogen and oxygen atoms in total. The molecular formula is C18H17NO4S3. The lowest BCUT2D eigenvalue weighted by Crippen LogP contribution is -2.44. The SMILES string of the molecule is O=C(O)[C@@H](c1cccc2c1Sc1ccccc1S2)N1CCS(=O)(=O)CC1. The monoisotopic (exact) mass is 407 g/mol. The van der Waals surface area contributed by atoms with Gasteiger partial charge in [-0.15, -0.1) is 0 Å². The van der Waals surface area contributed by atoms with Gasteiger partial charge in [0.15, 0.2) is 9.84 Å². The molecule has 2 aliphatic rings. The molecule has 0 radical (unpaired) electrons. The van der Waals surface area contributed by atoms with Gasteiger partial charge in [0.2, 0.25) is 0 Å². The number of fused-ring (bicyclic) bond motifs is 2. The molecule has 0 aliphatic carbocycles. The zero-order valence-corrected chi connectivity index (χ0v) is 16.2. The lowest BCUT2D eigenvalue weighted by Gasteiger charge is -2.33. The van der Waals surface area contributed by atoms with Gasteiger partial charge in [0.1, 0.15) is 6.04 Å². The van der Waals surface area contributed by atoms with Crippen LogP contribution < -0.4 is 0 Å². The highest BCUT2D eigenvalue weighted by atomic mass is 32.2. The number of hydrogen-bond donors (Lipinski definition) is 1. The lowest BCUT2D eigenvalue weighted by atomic mass is 10.1. The number of nitrogens with zero attached hydrogens (tertiary/aromatic N) is 1. The standard InChI is InChI=1S/C18H17NO4S3/c20-18(21)16(19-8-10-26(22,23)11-9-19)12-4-3-7-15-17(12)25-14-6-2-1-5-13(14)24-15/h1-7,16H,8-11H2,(H,20,21)/t16-/m1/s1. The molecule has 26 heavy (non-hydrogen) atoms. The molecule has 4 rings (SSSR count). The van der Waals surface area contributed by atoms with Crippen LogP contribution in [0.3, 0.4) is 0 Å². The van der Waals surface area contributed by atoms with Crippen LogP contribution in [0.2, 0.25) is 0 Å². The molecule has 1 saturated heterocycles. The Kier molecular flexibility index (Phi) is 4.77. The fraction of sp³-hybridized carbons (Fsp3) is 0.278. The summed E-state index contributed by atoms with van der Waals surface area (Å²) < 4.78 is 23.4. The Hall–Kier alpha value is -1.48. The van der Waals surface area contributed by atoms with Crippen LogP contribution >= 0.6 is 23.5 Å². The average molecular weight is 408 g/mol. The summed E-state index contributed by atoms with van der Waals surface area (Å²) in [5, 5.41) is 9.90. The first-order chi connectivity index (χ1) is 12.4. The molecule has 136 valence electrons. The quantitative estimate of drug-likeness (QED) is 0.715. The van der Waals surface area contributed by atoms with Crippen LogP contribution in [0.15, 0.2) is 62.0 Å². The number of carboxylic acid groups (broad SMARTS) is 1. The highest BCUT2D eigenvalue weighted by Gasteiger charge is 2.35. The van der Waals surface area contributed by atoms with Crippen LogP contribution in [0.5, 0.6) is 0 Å². The van der Waals surface area contributed by atoms with Gasteiger partial charge in [0, 0.05) is 32.7 Å². The largest absolute Gasteiger partial charge is 0.480 e. The highest BCUT2D eigenvalue weighted by Crippen LogP contribution is 2.51. The Labute approximate surface area is 160 Å². The molecule has 1 fully saturated rings. The zero-order valence-electron chi connectivity index (χ0n) is 13.8. The Morgan fingerprint density at radius 2 is 1.58 bits per heavy atom. The smallest absolute Gasteiger partial charge is 0.325 e. The van der Waals surface area contributed by atoms with Gasteiger partial charge in [0.25, 0.3) is 0 Å². The Bertz CT molecular complexity index is 960. The van der Waals surface area contributed by atoms with E-state index < -0.39 is 21.8 Å². The third-order valence-electron chi connectivity index (χ3n) is 4.56. The first-order valence-corrected chi connectivity index (χ1v) is 11.6. The van der Waals surface area contributed by atoms with Crippen molar-refractivity contribution in [3.63, 3.8) is 0 Å². The number of benzene rings is 2. The summed E-state index contributed by atoms with van der Waals surface area (Å²) >= 11 is 3.23. The van der Waals surface area contributed by atoms with E-state index in [4.69, 9.17) is 0 Å². The van der Waals surface area contributed by atoms with Crippen molar-refractivity contribution >= 4 is 39.3 Å². The summed E-state index contributed by atoms with van der Waals surface area (Å²) in [4.78, 5) is 18.1. The van der Waals surface area contributed by atoms with Gasteiger partial charge in [0.05, 0.1) is 11.5 Å². The van der Waals surface area contributed by atoms with Gasteiger partial charge in [-0.3, -0.25) is 9.69 Å². The summed E-state index contributed by atoms with van der Waals surface area (Å²) in [6.07, 6.45) is 0. The number of aliphatic carboxylic acids is 1. The van der Waals surface area contributed by atoms with Crippen molar-refractivity contribution in [3.8, 4) is 0 Å². The molecule has 0 spiro atoms. The maximum atomic E-state index is 12.1. The Balaban J connectivity index is 1.72. The molecule has 2 aromatic carbocycles. The minimum Gasteiger partial charge on any atom is -0.480 e. The molecule has 0 saturated carbocycles. The van der Waals surface area contributed by atoms with E-state index in [2.05, 4.69) is 6.07 Å². The molecule has 0 amide bonds.